The van der Waals surface area contributed by atoms with E-state index in [9.17, 15) is 14.4 Å². The van der Waals surface area contributed by atoms with Crippen molar-refractivity contribution in [3.8, 4) is 0 Å². The summed E-state index contributed by atoms with van der Waals surface area (Å²) in [4.78, 5) is 38.4. The minimum Gasteiger partial charge on any atom is -0.466 e. The maximum absolute atomic E-state index is 11.8. The molecule has 0 aromatic carbocycles. The normalized spacial score (nSPS) is 10.2. The summed E-state index contributed by atoms with van der Waals surface area (Å²) in [5.74, 6) is -0.956. The van der Waals surface area contributed by atoms with Gasteiger partial charge in [0.2, 0.25) is 0 Å². The molecule has 98 valence electrons. The summed E-state index contributed by atoms with van der Waals surface area (Å²) in [6, 6.07) is 0. The van der Waals surface area contributed by atoms with Crippen molar-refractivity contribution in [2.75, 3.05) is 6.61 Å². The number of ether oxygens (including phenoxy) is 1. The summed E-state index contributed by atoms with van der Waals surface area (Å²) in [6.07, 6.45) is 0.980. The molecular weight excluding hydrogens is 351 g/mol. The number of aromatic nitrogens is 2. The van der Waals surface area contributed by atoms with Gasteiger partial charge in [-0.3, -0.25) is 19.0 Å². The van der Waals surface area contributed by atoms with E-state index in [1.165, 1.54) is 10.9 Å². The van der Waals surface area contributed by atoms with E-state index in [1.807, 2.05) is 22.6 Å². The Hall–Kier alpha value is -1.25. The summed E-state index contributed by atoms with van der Waals surface area (Å²) in [5.41, 5.74) is 0.343. The van der Waals surface area contributed by atoms with Gasteiger partial charge in [-0.05, 0) is 36.4 Å². The van der Waals surface area contributed by atoms with Crippen molar-refractivity contribution in [1.29, 1.82) is 0 Å². The second-order valence-electron chi connectivity index (χ2n) is 3.60. The molecule has 18 heavy (non-hydrogen) atoms. The van der Waals surface area contributed by atoms with Crippen molar-refractivity contribution in [2.24, 2.45) is 0 Å². The van der Waals surface area contributed by atoms with E-state index in [1.54, 1.807) is 13.8 Å². The number of nitrogens with zero attached hydrogens (tertiary/aromatic N) is 2. The van der Waals surface area contributed by atoms with Crippen molar-refractivity contribution in [2.45, 2.75) is 26.8 Å². The molecule has 1 heterocycles. The average Bonchev–Trinajstić information content (AvgIpc) is 2.30. The Balaban J connectivity index is 2.74. The Morgan fingerprint density at radius 1 is 1.50 bits per heavy atom. The molecule has 0 atom stereocenters. The van der Waals surface area contributed by atoms with Crippen LogP contribution >= 0.6 is 22.6 Å². The van der Waals surface area contributed by atoms with Crippen LogP contribution < -0.4 is 5.56 Å². The van der Waals surface area contributed by atoms with Gasteiger partial charge in [0.05, 0.1) is 28.7 Å². The number of esters is 1. The van der Waals surface area contributed by atoms with Crippen LogP contribution in [0.3, 0.4) is 0 Å². The highest BCUT2D eigenvalue weighted by Crippen LogP contribution is 2.01. The van der Waals surface area contributed by atoms with Crippen LogP contribution in [0.1, 0.15) is 19.0 Å². The van der Waals surface area contributed by atoms with Gasteiger partial charge in [0.15, 0.2) is 5.78 Å². The fraction of sp³-hybridized carbons (Fsp3) is 0.455. The van der Waals surface area contributed by atoms with Crippen molar-refractivity contribution in [3.63, 3.8) is 0 Å². The molecule has 0 spiro atoms. The minimum absolute atomic E-state index is 0.166. The van der Waals surface area contributed by atoms with E-state index < -0.39 is 5.97 Å². The Morgan fingerprint density at radius 3 is 2.78 bits per heavy atom. The number of hydrogen-bond acceptors (Lipinski definition) is 5. The van der Waals surface area contributed by atoms with E-state index in [4.69, 9.17) is 0 Å². The molecule has 0 amide bonds. The third-order valence-electron chi connectivity index (χ3n) is 2.15. The van der Waals surface area contributed by atoms with Crippen molar-refractivity contribution in [1.82, 2.24) is 9.55 Å². The first kappa shape index (κ1) is 14.8. The number of carbonyl (C=O) groups excluding carboxylic acids is 2. The minimum atomic E-state index is -0.578. The molecule has 1 aromatic rings. The van der Waals surface area contributed by atoms with Crippen LogP contribution in [0.25, 0.3) is 0 Å². The van der Waals surface area contributed by atoms with Crippen LogP contribution in [-0.4, -0.2) is 27.9 Å². The van der Waals surface area contributed by atoms with Crippen LogP contribution in [0.2, 0.25) is 0 Å². The van der Waals surface area contributed by atoms with Crippen molar-refractivity contribution < 1.29 is 14.3 Å². The quantitative estimate of drug-likeness (QED) is 0.436. The number of hydrogen-bond donors (Lipinski definition) is 0. The number of rotatable bonds is 5. The van der Waals surface area contributed by atoms with Gasteiger partial charge < -0.3 is 4.74 Å². The van der Waals surface area contributed by atoms with E-state index >= 15 is 0 Å². The lowest BCUT2D eigenvalue weighted by Crippen LogP contribution is -2.28. The molecule has 7 heteroatoms. The van der Waals surface area contributed by atoms with E-state index in [0.717, 1.165) is 0 Å². The van der Waals surface area contributed by atoms with Crippen LogP contribution in [0, 0.1) is 10.5 Å². The molecular formula is C11H13IN2O4. The SMILES string of the molecule is CCOC(=O)CC(=O)Cn1cnc(C)c(I)c1=O. The molecule has 1 aromatic heterocycles. The highest BCUT2D eigenvalue weighted by atomic mass is 127. The molecule has 0 aliphatic carbocycles. The molecule has 0 saturated carbocycles. The maximum atomic E-state index is 11.8. The maximum Gasteiger partial charge on any atom is 0.313 e. The fourth-order valence-electron chi connectivity index (χ4n) is 1.28. The molecule has 0 N–H and O–H groups in total. The molecule has 6 nitrogen and oxygen atoms in total. The summed E-state index contributed by atoms with van der Waals surface area (Å²) < 4.78 is 6.32. The van der Waals surface area contributed by atoms with Gasteiger partial charge in [0.25, 0.3) is 5.56 Å². The first-order valence-corrected chi connectivity index (χ1v) is 6.42. The van der Waals surface area contributed by atoms with Gasteiger partial charge >= 0.3 is 5.97 Å². The third kappa shape index (κ3) is 3.90. The molecule has 1 rings (SSSR count). The summed E-state index contributed by atoms with van der Waals surface area (Å²) in [6.45, 7) is 3.45. The lowest BCUT2D eigenvalue weighted by atomic mass is 10.3. The largest absolute Gasteiger partial charge is 0.466 e. The van der Waals surface area contributed by atoms with Gasteiger partial charge in [0, 0.05) is 0 Å². The fourth-order valence-corrected chi connectivity index (χ4v) is 1.73. The molecule has 0 unspecified atom stereocenters. The van der Waals surface area contributed by atoms with Crippen LogP contribution in [0.4, 0.5) is 0 Å². The third-order valence-corrected chi connectivity index (χ3v) is 3.39. The topological polar surface area (TPSA) is 78.3 Å². The predicted molar refractivity (Wildman–Crippen MR) is 72.2 cm³/mol. The second kappa shape index (κ2) is 6.62. The zero-order chi connectivity index (χ0) is 13.7. The smallest absolute Gasteiger partial charge is 0.313 e. The molecule has 0 aliphatic heterocycles. The van der Waals surface area contributed by atoms with Crippen LogP contribution in [0.15, 0.2) is 11.1 Å². The van der Waals surface area contributed by atoms with Crippen LogP contribution in [-0.2, 0) is 20.9 Å². The van der Waals surface area contributed by atoms with Gasteiger partial charge in [-0.2, -0.15) is 0 Å². The van der Waals surface area contributed by atoms with Crippen molar-refractivity contribution >= 4 is 34.3 Å². The lowest BCUT2D eigenvalue weighted by Gasteiger charge is -2.06. The zero-order valence-corrected chi connectivity index (χ0v) is 12.3. The predicted octanol–water partition coefficient (Wildman–Crippen LogP) is 0.679. The van der Waals surface area contributed by atoms with E-state index in [0.29, 0.717) is 9.26 Å². The Bertz CT molecular complexity index is 524. The monoisotopic (exact) mass is 364 g/mol. The Morgan fingerprint density at radius 2 is 2.17 bits per heavy atom. The Labute approximate surface area is 117 Å². The van der Waals surface area contributed by atoms with E-state index in [2.05, 4.69) is 9.72 Å². The van der Waals surface area contributed by atoms with Gasteiger partial charge in [-0.1, -0.05) is 0 Å². The van der Waals surface area contributed by atoms with E-state index in [-0.39, 0.29) is 30.9 Å². The zero-order valence-electron chi connectivity index (χ0n) is 10.1. The van der Waals surface area contributed by atoms with Gasteiger partial charge in [-0.25, -0.2) is 4.98 Å². The number of Topliss-reactive ketones (excluding diaryl/α,β-unsaturated/α-hetero) is 1. The Kier molecular flexibility index (Phi) is 5.45. The second-order valence-corrected chi connectivity index (χ2v) is 4.68. The highest BCUT2D eigenvalue weighted by molar-refractivity contribution is 14.1. The number of halogens is 1. The van der Waals surface area contributed by atoms with Crippen molar-refractivity contribution in [3.05, 3.63) is 25.9 Å². The first-order chi connectivity index (χ1) is 8.45. The van der Waals surface area contributed by atoms with Crippen LogP contribution in [0.5, 0.6) is 0 Å². The molecule has 0 bridgehead atoms. The lowest BCUT2D eigenvalue weighted by molar-refractivity contribution is -0.145. The molecule has 0 aliphatic rings. The summed E-state index contributed by atoms with van der Waals surface area (Å²) in [5, 5.41) is 0. The first-order valence-electron chi connectivity index (χ1n) is 5.34. The number of aryl methyl sites for hydroxylation is 1. The molecule has 0 saturated heterocycles. The van der Waals surface area contributed by atoms with Gasteiger partial charge in [-0.15, -0.1) is 0 Å². The summed E-state index contributed by atoms with van der Waals surface area (Å²) in [7, 11) is 0. The standard InChI is InChI=1S/C11H13IN2O4/c1-3-18-9(16)4-8(15)5-14-6-13-7(2)10(12)11(14)17/h6H,3-5H2,1-2H3. The summed E-state index contributed by atoms with van der Waals surface area (Å²) >= 11 is 1.88. The highest BCUT2D eigenvalue weighted by Gasteiger charge is 2.13. The molecule has 0 radical (unpaired) electrons. The number of ketones is 1. The van der Waals surface area contributed by atoms with Gasteiger partial charge in [0.1, 0.15) is 6.42 Å². The average molecular weight is 364 g/mol. The number of carbonyl (C=O) groups is 2. The molecule has 0 fully saturated rings.